The van der Waals surface area contributed by atoms with Gasteiger partial charge in [0.1, 0.15) is 0 Å². The van der Waals surface area contributed by atoms with Gasteiger partial charge in [0.15, 0.2) is 11.4 Å². The van der Waals surface area contributed by atoms with E-state index in [-0.39, 0.29) is 6.42 Å². The Labute approximate surface area is 75.0 Å². The van der Waals surface area contributed by atoms with Gasteiger partial charge in [-0.15, -0.1) is 0 Å². The molecule has 0 spiro atoms. The summed E-state index contributed by atoms with van der Waals surface area (Å²) in [7, 11) is 0. The molecule has 6 heteroatoms. The maximum absolute atomic E-state index is 10.3. The molecule has 0 fully saturated rings. The minimum absolute atomic E-state index is 0.206. The van der Waals surface area contributed by atoms with Crippen LogP contribution in [0.2, 0.25) is 0 Å². The van der Waals surface area contributed by atoms with E-state index in [9.17, 15) is 4.79 Å². The van der Waals surface area contributed by atoms with E-state index >= 15 is 0 Å². The zero-order chi connectivity index (χ0) is 9.40. The summed E-state index contributed by atoms with van der Waals surface area (Å²) >= 11 is 1.31. The number of amides is 1. The zero-order valence-corrected chi connectivity index (χ0v) is 7.52. The Morgan fingerprint density at radius 1 is 1.83 bits per heavy atom. The molecule has 1 amide bonds. The van der Waals surface area contributed by atoms with Gasteiger partial charge in [-0.05, 0) is 6.26 Å². The molecule has 0 heterocycles. The zero-order valence-electron chi connectivity index (χ0n) is 6.70. The molecular formula is C6H10N4OS. The van der Waals surface area contributed by atoms with Crippen LogP contribution in [0.5, 0.6) is 0 Å². The molecule has 0 aromatic carbocycles. The topological polar surface area (TPSA) is 91.3 Å². The largest absolute Gasteiger partial charge is 0.370 e. The highest BCUT2D eigenvalue weighted by Gasteiger charge is 1.95. The number of thioether (sulfide) groups is 1. The third kappa shape index (κ3) is 5.56. The number of rotatable bonds is 3. The number of hydrogen-bond acceptors (Lipinski definition) is 4. The highest BCUT2D eigenvalue weighted by atomic mass is 32.2. The molecule has 0 aliphatic carbocycles. The summed E-state index contributed by atoms with van der Waals surface area (Å²) in [6.45, 7) is 0.320. The first-order valence-electron chi connectivity index (χ1n) is 3.22. The van der Waals surface area contributed by atoms with Crippen LogP contribution in [-0.4, -0.2) is 23.9 Å². The van der Waals surface area contributed by atoms with Crippen LogP contribution in [0.15, 0.2) is 4.99 Å². The van der Waals surface area contributed by atoms with Gasteiger partial charge in [-0.3, -0.25) is 15.1 Å². The number of hydrogen-bond donors (Lipinski definition) is 2. The molecule has 0 atom stereocenters. The smallest absolute Gasteiger partial charge is 0.219 e. The lowest BCUT2D eigenvalue weighted by molar-refractivity contribution is -0.117. The van der Waals surface area contributed by atoms with Crippen LogP contribution in [0, 0.1) is 11.5 Å². The second-order valence-corrected chi connectivity index (χ2v) is 2.64. The van der Waals surface area contributed by atoms with Gasteiger partial charge in [0.05, 0.1) is 6.54 Å². The predicted octanol–water partition coefficient (Wildman–Crippen LogP) is -0.349. The van der Waals surface area contributed by atoms with Crippen LogP contribution in [0.3, 0.4) is 0 Å². The minimum atomic E-state index is -0.392. The highest BCUT2D eigenvalue weighted by molar-refractivity contribution is 8.13. The molecule has 0 aromatic rings. The Morgan fingerprint density at radius 3 is 2.92 bits per heavy atom. The SMILES string of the molecule is CSC(=NCCC(N)=O)NC#N. The molecule has 12 heavy (non-hydrogen) atoms. The molecule has 0 bridgehead atoms. The van der Waals surface area contributed by atoms with E-state index in [1.54, 1.807) is 12.4 Å². The second-order valence-electron chi connectivity index (χ2n) is 1.84. The van der Waals surface area contributed by atoms with Crippen molar-refractivity contribution in [3.8, 4) is 6.19 Å². The van der Waals surface area contributed by atoms with Crippen molar-refractivity contribution in [2.45, 2.75) is 6.42 Å². The summed E-state index contributed by atoms with van der Waals surface area (Å²) in [5.41, 5.74) is 4.89. The second kappa shape index (κ2) is 6.49. The van der Waals surface area contributed by atoms with Gasteiger partial charge in [-0.2, -0.15) is 5.26 Å². The minimum Gasteiger partial charge on any atom is -0.370 e. The van der Waals surface area contributed by atoms with Crippen LogP contribution >= 0.6 is 11.8 Å². The Morgan fingerprint density at radius 2 is 2.50 bits per heavy atom. The number of amidine groups is 1. The third-order valence-corrected chi connectivity index (χ3v) is 1.59. The molecular weight excluding hydrogens is 176 g/mol. The Kier molecular flexibility index (Phi) is 5.83. The lowest BCUT2D eigenvalue weighted by Gasteiger charge is -1.97. The van der Waals surface area contributed by atoms with E-state index in [0.29, 0.717) is 11.7 Å². The number of nitrogens with zero attached hydrogens (tertiary/aromatic N) is 2. The lowest BCUT2D eigenvalue weighted by Crippen LogP contribution is -2.16. The van der Waals surface area contributed by atoms with Gasteiger partial charge in [0, 0.05) is 6.42 Å². The van der Waals surface area contributed by atoms with Crippen molar-refractivity contribution in [3.63, 3.8) is 0 Å². The van der Waals surface area contributed by atoms with E-state index in [2.05, 4.69) is 10.3 Å². The summed E-state index contributed by atoms with van der Waals surface area (Å²) in [5.74, 6) is -0.392. The molecule has 66 valence electrons. The number of nitrogens with one attached hydrogen (secondary N) is 1. The third-order valence-electron chi connectivity index (χ3n) is 0.970. The van der Waals surface area contributed by atoms with Gasteiger partial charge in [0.2, 0.25) is 5.91 Å². The lowest BCUT2D eigenvalue weighted by atomic mass is 10.4. The summed E-state index contributed by atoms with van der Waals surface area (Å²) in [6.07, 6.45) is 3.73. The van der Waals surface area contributed by atoms with Crippen LogP contribution in [0.4, 0.5) is 0 Å². The first kappa shape index (κ1) is 10.8. The molecule has 0 aromatic heterocycles. The van der Waals surface area contributed by atoms with Crippen molar-refractivity contribution in [3.05, 3.63) is 0 Å². The molecule has 0 aliphatic heterocycles. The Bertz CT molecular complexity index is 220. The fourth-order valence-corrected chi connectivity index (χ4v) is 0.839. The molecule has 0 saturated heterocycles. The van der Waals surface area contributed by atoms with Crippen molar-refractivity contribution in [2.75, 3.05) is 12.8 Å². The molecule has 0 unspecified atom stereocenters. The number of primary amides is 1. The quantitative estimate of drug-likeness (QED) is 0.273. The van der Waals surface area contributed by atoms with Crippen molar-refractivity contribution in [2.24, 2.45) is 10.7 Å². The molecule has 0 rings (SSSR count). The van der Waals surface area contributed by atoms with Gasteiger partial charge in [-0.1, -0.05) is 11.8 Å². The van der Waals surface area contributed by atoms with Gasteiger partial charge >= 0.3 is 0 Å². The summed E-state index contributed by atoms with van der Waals surface area (Å²) < 4.78 is 0. The summed E-state index contributed by atoms with van der Waals surface area (Å²) in [5, 5.41) is 11.1. The Balaban J connectivity index is 3.79. The summed E-state index contributed by atoms with van der Waals surface area (Å²) in [4.78, 5) is 14.2. The first-order chi connectivity index (χ1) is 5.70. The van der Waals surface area contributed by atoms with Crippen molar-refractivity contribution < 1.29 is 4.79 Å². The molecule has 0 saturated carbocycles. The first-order valence-corrected chi connectivity index (χ1v) is 4.45. The van der Waals surface area contributed by atoms with Crippen molar-refractivity contribution >= 4 is 22.8 Å². The average Bonchev–Trinajstić information content (AvgIpc) is 2.02. The number of aliphatic imine (C=N–C) groups is 1. The van der Waals surface area contributed by atoms with Gasteiger partial charge in [0.25, 0.3) is 0 Å². The van der Waals surface area contributed by atoms with Crippen molar-refractivity contribution in [1.29, 1.82) is 5.26 Å². The van der Waals surface area contributed by atoms with E-state index < -0.39 is 5.91 Å². The van der Waals surface area contributed by atoms with E-state index in [0.717, 1.165) is 0 Å². The maximum Gasteiger partial charge on any atom is 0.219 e. The fraction of sp³-hybridized carbons (Fsp3) is 0.500. The van der Waals surface area contributed by atoms with E-state index in [1.165, 1.54) is 11.8 Å². The van der Waals surface area contributed by atoms with Crippen molar-refractivity contribution in [1.82, 2.24) is 5.32 Å². The number of nitriles is 1. The maximum atomic E-state index is 10.3. The van der Waals surface area contributed by atoms with Gasteiger partial charge < -0.3 is 5.73 Å². The number of nitrogens with two attached hydrogens (primary N) is 1. The number of carbonyl (C=O) groups excluding carboxylic acids is 1. The fourth-order valence-electron chi connectivity index (χ4n) is 0.471. The van der Waals surface area contributed by atoms with E-state index in [4.69, 9.17) is 11.0 Å². The Hall–Kier alpha value is -1.22. The molecule has 3 N–H and O–H groups in total. The standard InChI is InChI=1S/C6H10N4OS/c1-12-6(10-4-7)9-3-2-5(8)11/h2-3H2,1H3,(H2,8,11)(H,9,10). The molecule has 0 aliphatic rings. The normalized spacial score (nSPS) is 10.5. The van der Waals surface area contributed by atoms with Gasteiger partial charge in [-0.25, -0.2) is 0 Å². The van der Waals surface area contributed by atoms with E-state index in [1.807, 2.05) is 0 Å². The molecule has 5 nitrogen and oxygen atoms in total. The average molecular weight is 186 g/mol. The summed E-state index contributed by atoms with van der Waals surface area (Å²) in [6, 6.07) is 0. The van der Waals surface area contributed by atoms with Crippen LogP contribution < -0.4 is 11.1 Å². The monoisotopic (exact) mass is 186 g/mol. The predicted molar refractivity (Wildman–Crippen MR) is 48.4 cm³/mol. The number of carbonyl (C=O) groups is 1. The van der Waals surface area contributed by atoms with Crippen LogP contribution in [0.1, 0.15) is 6.42 Å². The van der Waals surface area contributed by atoms with Crippen LogP contribution in [-0.2, 0) is 4.79 Å². The highest BCUT2D eigenvalue weighted by Crippen LogP contribution is 1.94. The molecule has 0 radical (unpaired) electrons. The van der Waals surface area contributed by atoms with Crippen LogP contribution in [0.25, 0.3) is 0 Å².